The van der Waals surface area contributed by atoms with Crippen molar-refractivity contribution in [3.05, 3.63) is 52.2 Å². The highest BCUT2D eigenvalue weighted by Crippen LogP contribution is 2.14. The lowest BCUT2D eigenvalue weighted by molar-refractivity contribution is 0.199. The molecule has 1 aromatic carbocycles. The molecule has 4 nitrogen and oxygen atoms in total. The third-order valence-corrected chi connectivity index (χ3v) is 3.66. The Morgan fingerprint density at radius 1 is 1.30 bits per heavy atom. The molecule has 2 rings (SSSR count). The van der Waals surface area contributed by atoms with E-state index in [0.717, 1.165) is 23.7 Å². The minimum atomic E-state index is 0.435. The van der Waals surface area contributed by atoms with Crippen molar-refractivity contribution >= 4 is 22.9 Å². The van der Waals surface area contributed by atoms with E-state index in [4.69, 9.17) is 10.1 Å². The molecule has 1 aromatic heterocycles. The van der Waals surface area contributed by atoms with E-state index in [1.807, 2.05) is 29.6 Å². The largest absolute Gasteiger partial charge is 0.383 e. The van der Waals surface area contributed by atoms with Gasteiger partial charge in [0, 0.05) is 25.9 Å². The van der Waals surface area contributed by atoms with Gasteiger partial charge in [-0.25, -0.2) is 0 Å². The van der Waals surface area contributed by atoms with Crippen molar-refractivity contribution in [1.29, 1.82) is 5.41 Å². The zero-order chi connectivity index (χ0) is 14.2. The van der Waals surface area contributed by atoms with Gasteiger partial charge in [-0.05, 0) is 29.1 Å². The summed E-state index contributed by atoms with van der Waals surface area (Å²) >= 11 is 1.56. The molecule has 0 saturated heterocycles. The molecule has 1 heterocycles. The molecule has 3 N–H and O–H groups in total. The van der Waals surface area contributed by atoms with Crippen molar-refractivity contribution < 1.29 is 4.74 Å². The topological polar surface area (TPSA) is 57.1 Å². The van der Waals surface area contributed by atoms with Crippen molar-refractivity contribution in [1.82, 2.24) is 5.32 Å². The predicted octanol–water partition coefficient (Wildman–Crippen LogP) is 2.92. The summed E-state index contributed by atoms with van der Waals surface area (Å²) in [6, 6.07) is 12.0. The first kappa shape index (κ1) is 14.7. The average molecular weight is 289 g/mol. The number of hydrogen-bond donors (Lipinski definition) is 3. The Labute approximate surface area is 123 Å². The van der Waals surface area contributed by atoms with Gasteiger partial charge in [-0.15, -0.1) is 11.3 Å². The molecule has 0 fully saturated rings. The number of methoxy groups -OCH3 is 1. The predicted molar refractivity (Wildman–Crippen MR) is 84.8 cm³/mol. The molecule has 0 aliphatic rings. The summed E-state index contributed by atoms with van der Waals surface area (Å²) < 4.78 is 5.00. The van der Waals surface area contributed by atoms with Gasteiger partial charge in [-0.1, -0.05) is 18.2 Å². The van der Waals surface area contributed by atoms with Crippen LogP contribution in [0.4, 0.5) is 5.69 Å². The standard InChI is InChI=1S/C15H19N3OS/c1-19-8-7-17-11-12-4-2-5-13(10-12)18-15(16)14-6-3-9-20-14/h2-6,9-10,17H,7-8,11H2,1H3,(H2,16,18). The number of benzene rings is 1. The molecular formula is C15H19N3OS. The van der Waals surface area contributed by atoms with E-state index >= 15 is 0 Å². The molecule has 106 valence electrons. The van der Waals surface area contributed by atoms with Crippen molar-refractivity contribution in [3.63, 3.8) is 0 Å². The van der Waals surface area contributed by atoms with Crippen LogP contribution in [0.5, 0.6) is 0 Å². The molecule has 2 aromatic rings. The number of thiophene rings is 1. The van der Waals surface area contributed by atoms with Crippen LogP contribution < -0.4 is 10.6 Å². The van der Waals surface area contributed by atoms with Crippen LogP contribution in [0.3, 0.4) is 0 Å². The summed E-state index contributed by atoms with van der Waals surface area (Å²) in [4.78, 5) is 0.939. The fourth-order valence-electron chi connectivity index (χ4n) is 1.79. The first-order valence-electron chi connectivity index (χ1n) is 6.47. The van der Waals surface area contributed by atoms with Crippen LogP contribution >= 0.6 is 11.3 Å². The zero-order valence-electron chi connectivity index (χ0n) is 11.5. The number of amidine groups is 1. The quantitative estimate of drug-likeness (QED) is 0.417. The van der Waals surface area contributed by atoms with E-state index in [1.165, 1.54) is 5.56 Å². The molecule has 20 heavy (non-hydrogen) atoms. The maximum atomic E-state index is 8.01. The molecule has 0 spiro atoms. The molecule has 0 aliphatic heterocycles. The molecule has 0 unspecified atom stereocenters. The van der Waals surface area contributed by atoms with Crippen LogP contribution in [-0.4, -0.2) is 26.1 Å². The Hall–Kier alpha value is -1.69. The summed E-state index contributed by atoms with van der Waals surface area (Å²) in [7, 11) is 1.70. The number of nitrogens with one attached hydrogen (secondary N) is 3. The molecule has 0 radical (unpaired) electrons. The highest BCUT2D eigenvalue weighted by atomic mass is 32.1. The highest BCUT2D eigenvalue weighted by molar-refractivity contribution is 7.12. The number of anilines is 1. The fraction of sp³-hybridized carbons (Fsp3) is 0.267. The second-order valence-electron chi connectivity index (χ2n) is 4.35. The first-order valence-corrected chi connectivity index (χ1v) is 7.35. The van der Waals surface area contributed by atoms with E-state index < -0.39 is 0 Å². The first-order chi connectivity index (χ1) is 9.79. The Bertz CT molecular complexity index is 540. The molecule has 0 saturated carbocycles. The van der Waals surface area contributed by atoms with Crippen LogP contribution in [0.15, 0.2) is 41.8 Å². The van der Waals surface area contributed by atoms with Crippen LogP contribution in [0.2, 0.25) is 0 Å². The normalized spacial score (nSPS) is 10.4. The number of rotatable bonds is 7. The third-order valence-electron chi connectivity index (χ3n) is 2.78. The van der Waals surface area contributed by atoms with Gasteiger partial charge in [0.2, 0.25) is 0 Å². The maximum absolute atomic E-state index is 8.01. The number of ether oxygens (including phenoxy) is 1. The van der Waals surface area contributed by atoms with Gasteiger partial charge in [0.05, 0.1) is 11.5 Å². The summed E-state index contributed by atoms with van der Waals surface area (Å²) in [5.74, 6) is 0.435. The van der Waals surface area contributed by atoms with Crippen LogP contribution in [0, 0.1) is 5.41 Å². The second-order valence-corrected chi connectivity index (χ2v) is 5.29. The van der Waals surface area contributed by atoms with Crippen molar-refractivity contribution in [2.45, 2.75) is 6.54 Å². The van der Waals surface area contributed by atoms with Crippen LogP contribution in [-0.2, 0) is 11.3 Å². The fourth-order valence-corrected chi connectivity index (χ4v) is 2.42. The molecule has 0 atom stereocenters. The maximum Gasteiger partial charge on any atom is 0.140 e. The van der Waals surface area contributed by atoms with Gasteiger partial charge >= 0.3 is 0 Å². The van der Waals surface area contributed by atoms with Crippen LogP contribution in [0.25, 0.3) is 0 Å². The minimum Gasteiger partial charge on any atom is -0.383 e. The zero-order valence-corrected chi connectivity index (χ0v) is 12.3. The second kappa shape index (κ2) is 7.79. The Morgan fingerprint density at radius 3 is 2.95 bits per heavy atom. The van der Waals surface area contributed by atoms with E-state index in [-0.39, 0.29) is 0 Å². The van der Waals surface area contributed by atoms with Crippen molar-refractivity contribution in [2.75, 3.05) is 25.6 Å². The number of hydrogen-bond acceptors (Lipinski definition) is 4. The third kappa shape index (κ3) is 4.45. The summed E-state index contributed by atoms with van der Waals surface area (Å²) in [5.41, 5.74) is 2.12. The van der Waals surface area contributed by atoms with E-state index in [1.54, 1.807) is 18.4 Å². The van der Waals surface area contributed by atoms with Gasteiger partial charge < -0.3 is 15.4 Å². The molecule has 5 heteroatoms. The van der Waals surface area contributed by atoms with Crippen molar-refractivity contribution in [3.8, 4) is 0 Å². The molecular weight excluding hydrogens is 270 g/mol. The van der Waals surface area contributed by atoms with Crippen LogP contribution in [0.1, 0.15) is 10.4 Å². The Kier molecular flexibility index (Phi) is 5.73. The molecule has 0 aliphatic carbocycles. The van der Waals surface area contributed by atoms with E-state index in [9.17, 15) is 0 Å². The monoisotopic (exact) mass is 289 g/mol. The molecule has 0 bridgehead atoms. The lowest BCUT2D eigenvalue weighted by Gasteiger charge is -2.09. The molecule has 0 amide bonds. The lowest BCUT2D eigenvalue weighted by atomic mass is 10.2. The van der Waals surface area contributed by atoms with Gasteiger partial charge in [0.25, 0.3) is 0 Å². The average Bonchev–Trinajstić information content (AvgIpc) is 2.98. The Balaban J connectivity index is 1.90. The smallest absolute Gasteiger partial charge is 0.140 e. The lowest BCUT2D eigenvalue weighted by Crippen LogP contribution is -2.18. The van der Waals surface area contributed by atoms with E-state index in [0.29, 0.717) is 12.4 Å². The van der Waals surface area contributed by atoms with Crippen molar-refractivity contribution in [2.24, 2.45) is 0 Å². The van der Waals surface area contributed by atoms with Gasteiger partial charge in [-0.3, -0.25) is 5.41 Å². The minimum absolute atomic E-state index is 0.435. The SMILES string of the molecule is COCCNCc1cccc(NC(=N)c2cccs2)c1. The van der Waals surface area contributed by atoms with Gasteiger partial charge in [0.1, 0.15) is 5.84 Å². The summed E-state index contributed by atoms with van der Waals surface area (Å²) in [5, 5.41) is 16.4. The van der Waals surface area contributed by atoms with E-state index in [2.05, 4.69) is 22.8 Å². The highest BCUT2D eigenvalue weighted by Gasteiger charge is 2.03. The summed E-state index contributed by atoms with van der Waals surface area (Å²) in [6.07, 6.45) is 0. The Morgan fingerprint density at radius 2 is 2.20 bits per heavy atom. The summed E-state index contributed by atoms with van der Waals surface area (Å²) in [6.45, 7) is 2.34. The van der Waals surface area contributed by atoms with Gasteiger partial charge in [0.15, 0.2) is 0 Å². The van der Waals surface area contributed by atoms with Gasteiger partial charge in [-0.2, -0.15) is 0 Å².